The van der Waals surface area contributed by atoms with Gasteiger partial charge >= 0.3 is 0 Å². The van der Waals surface area contributed by atoms with Gasteiger partial charge < -0.3 is 10.1 Å². The maximum Gasteiger partial charge on any atom is 0.255 e. The van der Waals surface area contributed by atoms with Gasteiger partial charge in [0.15, 0.2) is 0 Å². The number of thiol groups is 1. The molecule has 1 amide bonds. The molecule has 0 radical (unpaired) electrons. The van der Waals surface area contributed by atoms with Gasteiger partial charge in [0.25, 0.3) is 5.91 Å². The molecule has 10 heteroatoms. The lowest BCUT2D eigenvalue weighted by molar-refractivity contribution is 0.0939. The largest absolute Gasteiger partial charge is 0.477 e. The highest BCUT2D eigenvalue weighted by atomic mass is 32.1. The Morgan fingerprint density at radius 3 is 2.80 bits per heavy atom. The number of carbonyl (C=O) groups is 1. The number of ether oxygens (including phenoxy) is 1. The van der Waals surface area contributed by atoms with Gasteiger partial charge in [-0.05, 0) is 57.7 Å². The molecule has 2 aliphatic carbocycles. The first-order valence-electron chi connectivity index (χ1n) is 11.6. The molecule has 1 aromatic carbocycles. The Morgan fingerprint density at radius 1 is 1.40 bits per heavy atom. The first-order valence-corrected chi connectivity index (χ1v) is 12.0. The van der Waals surface area contributed by atoms with Gasteiger partial charge in [0.05, 0.1) is 41.5 Å². The molecule has 8 nitrogen and oxygen atoms in total. The molecule has 4 rings (SSSR count). The molecule has 2 saturated carbocycles. The minimum atomic E-state index is -0.669. The highest BCUT2D eigenvalue weighted by molar-refractivity contribution is 7.77. The number of rotatable bonds is 11. The number of allylic oxidation sites excluding steroid dienone is 1. The number of nitrogens with one attached hydrogen (secondary N) is 2. The second kappa shape index (κ2) is 10.6. The highest BCUT2D eigenvalue weighted by Gasteiger charge is 2.48. The summed E-state index contributed by atoms with van der Waals surface area (Å²) in [5.41, 5.74) is 3.94. The average Bonchev–Trinajstić information content (AvgIpc) is 3.74. The van der Waals surface area contributed by atoms with Crippen LogP contribution in [0.1, 0.15) is 49.9 Å². The van der Waals surface area contributed by atoms with E-state index in [1.54, 1.807) is 10.5 Å². The molecule has 35 heavy (non-hydrogen) atoms. The first-order chi connectivity index (χ1) is 16.8. The van der Waals surface area contributed by atoms with E-state index in [0.29, 0.717) is 54.2 Å². The number of aliphatic imine (C=N–C) groups is 1. The fourth-order valence-electron chi connectivity index (χ4n) is 3.59. The smallest absolute Gasteiger partial charge is 0.255 e. The maximum atomic E-state index is 15.0. The lowest BCUT2D eigenvalue weighted by Crippen LogP contribution is -2.43. The van der Waals surface area contributed by atoms with E-state index in [9.17, 15) is 9.18 Å². The predicted octanol–water partition coefficient (Wildman–Crippen LogP) is 4.25. The van der Waals surface area contributed by atoms with Crippen molar-refractivity contribution >= 4 is 24.4 Å². The number of benzene rings is 1. The number of nitrogens with zero attached hydrogens (tertiary/aromatic N) is 4. The number of amides is 1. The van der Waals surface area contributed by atoms with E-state index in [0.717, 1.165) is 12.8 Å². The molecule has 0 bridgehead atoms. The molecule has 2 fully saturated rings. The van der Waals surface area contributed by atoms with Crippen LogP contribution in [0.15, 0.2) is 60.1 Å². The lowest BCUT2D eigenvalue weighted by atomic mass is 10.1. The van der Waals surface area contributed by atoms with Gasteiger partial charge in [-0.15, -0.1) is 0 Å². The maximum absolute atomic E-state index is 15.0. The molecule has 0 spiro atoms. The molecule has 2 aromatic rings. The average molecular weight is 497 g/mol. The summed E-state index contributed by atoms with van der Waals surface area (Å²) >= 11 is 4.40. The van der Waals surface area contributed by atoms with E-state index in [4.69, 9.17) is 4.74 Å². The van der Waals surface area contributed by atoms with Crippen LogP contribution < -0.4 is 15.5 Å². The third-order valence-electron chi connectivity index (χ3n) is 5.72. The van der Waals surface area contributed by atoms with Crippen molar-refractivity contribution in [1.82, 2.24) is 25.1 Å². The van der Waals surface area contributed by atoms with Crippen LogP contribution in [0.2, 0.25) is 0 Å². The Labute approximate surface area is 209 Å². The van der Waals surface area contributed by atoms with E-state index in [-0.39, 0.29) is 5.56 Å². The van der Waals surface area contributed by atoms with Gasteiger partial charge in [0, 0.05) is 11.6 Å². The summed E-state index contributed by atoms with van der Waals surface area (Å²) in [7, 11) is 0. The zero-order valence-electron chi connectivity index (χ0n) is 19.8. The highest BCUT2D eigenvalue weighted by Crippen LogP contribution is 2.38. The Kier molecular flexibility index (Phi) is 7.51. The molecule has 1 heterocycles. The van der Waals surface area contributed by atoms with Crippen molar-refractivity contribution < 1.29 is 13.9 Å². The molecule has 2 aliphatic rings. The standard InChI is InChI=1S/C25H29FN6O2S/c1-4-6-22(28-16(3)31-32(35)18-8-9-18)25(11-12-25)30-24(33)19-10-7-17(13-20(19)26)21-14-27-15-23(29-21)34-5-2/h4,6-7,10,13-15,18,31,35H,3,5,8-9,11-12H2,1-2H3,(H,30,33)/b6-4-,28-22+. The Balaban J connectivity index is 1.49. The van der Waals surface area contributed by atoms with Crippen LogP contribution in [0.5, 0.6) is 5.88 Å². The van der Waals surface area contributed by atoms with Gasteiger partial charge in [-0.1, -0.05) is 31.5 Å². The van der Waals surface area contributed by atoms with Gasteiger partial charge in [0.1, 0.15) is 11.6 Å². The zero-order valence-corrected chi connectivity index (χ0v) is 20.7. The molecule has 0 aliphatic heterocycles. The molecule has 0 unspecified atom stereocenters. The second-order valence-electron chi connectivity index (χ2n) is 8.54. The summed E-state index contributed by atoms with van der Waals surface area (Å²) in [6.07, 6.45) is 10.2. The Hall–Kier alpha value is -3.24. The van der Waals surface area contributed by atoms with Crippen LogP contribution in [0.3, 0.4) is 0 Å². The fourth-order valence-corrected chi connectivity index (χ4v) is 3.94. The summed E-state index contributed by atoms with van der Waals surface area (Å²) in [6.45, 7) is 8.13. The van der Waals surface area contributed by atoms with Crippen LogP contribution in [-0.4, -0.2) is 44.2 Å². The summed E-state index contributed by atoms with van der Waals surface area (Å²) in [5, 5.41) is 2.98. The quantitative estimate of drug-likeness (QED) is 0.245. The number of aromatic nitrogens is 2. The molecule has 184 valence electrons. The van der Waals surface area contributed by atoms with Crippen molar-refractivity contribution in [2.24, 2.45) is 4.99 Å². The summed E-state index contributed by atoms with van der Waals surface area (Å²) < 4.78 is 22.1. The fraction of sp³-hybridized carbons (Fsp3) is 0.360. The minimum absolute atomic E-state index is 0.0546. The lowest BCUT2D eigenvalue weighted by Gasteiger charge is -2.21. The van der Waals surface area contributed by atoms with Crippen LogP contribution in [-0.2, 0) is 0 Å². The number of hydrazine groups is 1. The molecular weight excluding hydrogens is 467 g/mol. The second-order valence-corrected chi connectivity index (χ2v) is 8.97. The SMILES string of the molecule is C=C(/N=C(\C=C/C)C1(NC(=O)c2ccc(-c3cncc(OCC)n3)cc2F)CC1)NN(S)C1CC1. The number of hydrogen-bond donors (Lipinski definition) is 3. The van der Waals surface area contributed by atoms with Gasteiger partial charge in [-0.25, -0.2) is 14.4 Å². The summed E-state index contributed by atoms with van der Waals surface area (Å²) in [4.78, 5) is 26.0. The molecule has 2 N–H and O–H groups in total. The monoisotopic (exact) mass is 496 g/mol. The Bertz CT molecular complexity index is 1180. The van der Waals surface area contributed by atoms with E-state index in [2.05, 4.69) is 45.1 Å². The van der Waals surface area contributed by atoms with Crippen LogP contribution in [0, 0.1) is 5.82 Å². The van der Waals surface area contributed by atoms with Crippen molar-refractivity contribution in [2.45, 2.75) is 51.1 Å². The van der Waals surface area contributed by atoms with Crippen LogP contribution in [0.4, 0.5) is 4.39 Å². The number of halogens is 1. The van der Waals surface area contributed by atoms with Crippen molar-refractivity contribution in [3.05, 3.63) is 66.5 Å². The van der Waals surface area contributed by atoms with Crippen molar-refractivity contribution in [2.75, 3.05) is 6.61 Å². The summed E-state index contributed by atoms with van der Waals surface area (Å²) in [6, 6.07) is 4.74. The van der Waals surface area contributed by atoms with Crippen molar-refractivity contribution in [3.63, 3.8) is 0 Å². The topological polar surface area (TPSA) is 91.7 Å². The molecule has 1 aromatic heterocycles. The molecular formula is C25H29FN6O2S. The number of hydrogen-bond acceptors (Lipinski definition) is 8. The third kappa shape index (κ3) is 6.07. The third-order valence-corrected chi connectivity index (χ3v) is 6.15. The van der Waals surface area contributed by atoms with Crippen molar-refractivity contribution in [1.29, 1.82) is 0 Å². The number of carbonyl (C=O) groups excluding carboxylic acids is 1. The van der Waals surface area contributed by atoms with Crippen molar-refractivity contribution in [3.8, 4) is 17.1 Å². The van der Waals surface area contributed by atoms with E-state index >= 15 is 0 Å². The summed E-state index contributed by atoms with van der Waals surface area (Å²) in [5.74, 6) is -0.380. The van der Waals surface area contributed by atoms with E-state index in [1.807, 2.05) is 26.0 Å². The first kappa shape index (κ1) is 24.9. The van der Waals surface area contributed by atoms with E-state index < -0.39 is 17.3 Å². The zero-order chi connectivity index (χ0) is 25.0. The Morgan fingerprint density at radius 2 is 2.17 bits per heavy atom. The predicted molar refractivity (Wildman–Crippen MR) is 136 cm³/mol. The van der Waals surface area contributed by atoms with Gasteiger partial charge in [0.2, 0.25) is 5.88 Å². The van der Waals surface area contributed by atoms with Gasteiger partial charge in [-0.2, -0.15) is 4.41 Å². The minimum Gasteiger partial charge on any atom is -0.477 e. The van der Waals surface area contributed by atoms with Crippen LogP contribution >= 0.6 is 12.8 Å². The molecule has 0 atom stereocenters. The molecule has 0 saturated heterocycles. The van der Waals surface area contributed by atoms with E-state index in [1.165, 1.54) is 24.5 Å². The van der Waals surface area contributed by atoms with Gasteiger partial charge in [-0.3, -0.25) is 15.2 Å². The normalized spacial score (nSPS) is 16.9. The van der Waals surface area contributed by atoms with Crippen LogP contribution in [0.25, 0.3) is 11.3 Å².